The van der Waals surface area contributed by atoms with E-state index in [0.717, 1.165) is 27.6 Å². The molecule has 1 heterocycles. The Kier molecular flexibility index (Phi) is 4.74. The summed E-state index contributed by atoms with van der Waals surface area (Å²) in [6.07, 6.45) is 0.906. The first-order chi connectivity index (χ1) is 13.6. The lowest BCUT2D eigenvalue weighted by atomic mass is 10.1. The Morgan fingerprint density at radius 2 is 1.89 bits per heavy atom. The highest BCUT2D eigenvalue weighted by molar-refractivity contribution is 6.25. The monoisotopic (exact) mass is 374 g/mol. The molecule has 2 amide bonds. The summed E-state index contributed by atoms with van der Waals surface area (Å²) in [7, 11) is 1.58. The summed E-state index contributed by atoms with van der Waals surface area (Å²) in [5.41, 5.74) is 3.38. The molecule has 0 bridgehead atoms. The molecule has 0 atom stereocenters. The smallest absolute Gasteiger partial charge is 0.258 e. The number of nitrogens with zero attached hydrogens (tertiary/aromatic N) is 1. The van der Waals surface area contributed by atoms with Crippen molar-refractivity contribution in [1.82, 2.24) is 0 Å². The molecule has 1 aliphatic rings. The fourth-order valence-electron chi connectivity index (χ4n) is 3.73. The maximum absolute atomic E-state index is 12.8. The molecule has 0 saturated carbocycles. The summed E-state index contributed by atoms with van der Waals surface area (Å²) in [5, 5.41) is 4.98. The molecule has 4 rings (SSSR count). The van der Waals surface area contributed by atoms with E-state index in [-0.39, 0.29) is 11.8 Å². The van der Waals surface area contributed by atoms with Crippen LogP contribution in [0.1, 0.15) is 28.8 Å². The molecule has 28 heavy (non-hydrogen) atoms. The van der Waals surface area contributed by atoms with Gasteiger partial charge in [-0.2, -0.15) is 0 Å². The Morgan fingerprint density at radius 3 is 2.68 bits per heavy atom. The van der Waals surface area contributed by atoms with Gasteiger partial charge in [-0.25, -0.2) is 0 Å². The van der Waals surface area contributed by atoms with Crippen molar-refractivity contribution in [1.29, 1.82) is 0 Å². The van der Waals surface area contributed by atoms with Crippen LogP contribution in [0.5, 0.6) is 5.75 Å². The summed E-state index contributed by atoms with van der Waals surface area (Å²) >= 11 is 0. The van der Waals surface area contributed by atoms with Crippen molar-refractivity contribution in [2.45, 2.75) is 19.8 Å². The Labute approximate surface area is 163 Å². The average Bonchev–Trinajstić information content (AvgIpc) is 2.96. The standard InChI is InChI=1S/C23H22N2O3/c1-15-11-12-20(28-2)18(14-15)24-21(26)10-5-13-25-19-9-4-7-16-6-3-8-17(22(16)19)23(25)27/h3-4,6-9,11-12,14H,5,10,13H2,1-2H3,(H,24,26). The number of aryl methyl sites for hydroxylation is 1. The minimum Gasteiger partial charge on any atom is -0.495 e. The number of carbonyl (C=O) groups excluding carboxylic acids is 2. The number of amides is 2. The molecule has 142 valence electrons. The average molecular weight is 374 g/mol. The van der Waals surface area contributed by atoms with Gasteiger partial charge in [0.15, 0.2) is 0 Å². The van der Waals surface area contributed by atoms with Crippen LogP contribution in [0, 0.1) is 6.92 Å². The number of hydrogen-bond donors (Lipinski definition) is 1. The zero-order chi connectivity index (χ0) is 19.7. The van der Waals surface area contributed by atoms with Gasteiger partial charge in [-0.05, 0) is 48.6 Å². The second-order valence-corrected chi connectivity index (χ2v) is 6.99. The molecule has 0 fully saturated rings. The first-order valence-electron chi connectivity index (χ1n) is 9.36. The molecule has 0 radical (unpaired) electrons. The lowest BCUT2D eigenvalue weighted by Gasteiger charge is -2.17. The molecule has 0 saturated heterocycles. The third-order valence-electron chi connectivity index (χ3n) is 5.06. The Hall–Kier alpha value is -3.34. The molecular weight excluding hydrogens is 352 g/mol. The maximum Gasteiger partial charge on any atom is 0.258 e. The van der Waals surface area contributed by atoms with Crippen molar-refractivity contribution in [2.24, 2.45) is 0 Å². The number of benzene rings is 3. The van der Waals surface area contributed by atoms with E-state index in [2.05, 4.69) is 5.32 Å². The number of ether oxygens (including phenoxy) is 1. The molecule has 3 aromatic rings. The van der Waals surface area contributed by atoms with Gasteiger partial charge in [0.1, 0.15) is 5.75 Å². The molecule has 5 heteroatoms. The quantitative estimate of drug-likeness (QED) is 0.689. The van der Waals surface area contributed by atoms with Crippen molar-refractivity contribution in [3.05, 3.63) is 65.7 Å². The Balaban J connectivity index is 1.41. The van der Waals surface area contributed by atoms with Crippen molar-refractivity contribution >= 4 is 34.0 Å². The molecule has 1 aliphatic heterocycles. The van der Waals surface area contributed by atoms with E-state index < -0.39 is 0 Å². The largest absolute Gasteiger partial charge is 0.495 e. The van der Waals surface area contributed by atoms with Crippen LogP contribution < -0.4 is 15.0 Å². The highest BCUT2D eigenvalue weighted by atomic mass is 16.5. The Bertz CT molecular complexity index is 1070. The number of methoxy groups -OCH3 is 1. The van der Waals surface area contributed by atoms with Crippen LogP contribution in [0.15, 0.2) is 54.6 Å². The van der Waals surface area contributed by atoms with Crippen LogP contribution in [0.4, 0.5) is 11.4 Å². The molecule has 0 unspecified atom stereocenters. The lowest BCUT2D eigenvalue weighted by molar-refractivity contribution is -0.116. The van der Waals surface area contributed by atoms with Gasteiger partial charge in [-0.1, -0.05) is 30.3 Å². The topological polar surface area (TPSA) is 58.6 Å². The molecule has 0 aromatic heterocycles. The number of hydrogen-bond acceptors (Lipinski definition) is 3. The fourth-order valence-corrected chi connectivity index (χ4v) is 3.73. The van der Waals surface area contributed by atoms with Crippen LogP contribution in [-0.2, 0) is 4.79 Å². The summed E-state index contributed by atoms with van der Waals surface area (Å²) in [6, 6.07) is 17.4. The van der Waals surface area contributed by atoms with Crippen molar-refractivity contribution in [3.63, 3.8) is 0 Å². The molecule has 0 spiro atoms. The predicted octanol–water partition coefficient (Wildman–Crippen LogP) is 4.54. The maximum atomic E-state index is 12.8. The summed E-state index contributed by atoms with van der Waals surface area (Å²) < 4.78 is 5.30. The Morgan fingerprint density at radius 1 is 1.11 bits per heavy atom. The first kappa shape index (κ1) is 18.0. The molecule has 0 aliphatic carbocycles. The van der Waals surface area contributed by atoms with Crippen molar-refractivity contribution < 1.29 is 14.3 Å². The SMILES string of the molecule is COc1ccc(C)cc1NC(=O)CCCN1C(=O)c2cccc3cccc1c23. The van der Waals surface area contributed by atoms with Crippen molar-refractivity contribution in [2.75, 3.05) is 23.9 Å². The van der Waals surface area contributed by atoms with Gasteiger partial charge in [-0.15, -0.1) is 0 Å². The number of anilines is 2. The van der Waals surface area contributed by atoms with Gasteiger partial charge in [0.05, 0.1) is 18.5 Å². The number of rotatable bonds is 6. The highest BCUT2D eigenvalue weighted by Gasteiger charge is 2.29. The molecule has 5 nitrogen and oxygen atoms in total. The second-order valence-electron chi connectivity index (χ2n) is 6.99. The molecule has 3 aromatic carbocycles. The summed E-state index contributed by atoms with van der Waals surface area (Å²) in [5.74, 6) is 0.551. The van der Waals surface area contributed by atoms with Gasteiger partial charge >= 0.3 is 0 Å². The zero-order valence-corrected chi connectivity index (χ0v) is 16.0. The number of carbonyl (C=O) groups is 2. The van der Waals surface area contributed by atoms with E-state index in [9.17, 15) is 9.59 Å². The van der Waals surface area contributed by atoms with Crippen LogP contribution in [0.3, 0.4) is 0 Å². The third kappa shape index (κ3) is 3.20. The summed E-state index contributed by atoms with van der Waals surface area (Å²) in [4.78, 5) is 26.9. The highest BCUT2D eigenvalue weighted by Crippen LogP contribution is 2.37. The fraction of sp³-hybridized carbons (Fsp3) is 0.217. The van der Waals surface area contributed by atoms with Gasteiger partial charge in [0, 0.05) is 23.9 Å². The van der Waals surface area contributed by atoms with Gasteiger partial charge in [0.2, 0.25) is 5.91 Å². The van der Waals surface area contributed by atoms with Crippen LogP contribution in [0.2, 0.25) is 0 Å². The van der Waals surface area contributed by atoms with Crippen molar-refractivity contribution in [3.8, 4) is 5.75 Å². The third-order valence-corrected chi connectivity index (χ3v) is 5.06. The van der Waals surface area contributed by atoms with Crippen LogP contribution in [0.25, 0.3) is 10.8 Å². The van der Waals surface area contributed by atoms with E-state index in [1.165, 1.54) is 0 Å². The molecule has 1 N–H and O–H groups in total. The molecular formula is C23H22N2O3. The van der Waals surface area contributed by atoms with Crippen LogP contribution >= 0.6 is 0 Å². The van der Waals surface area contributed by atoms with E-state index in [0.29, 0.717) is 30.8 Å². The lowest BCUT2D eigenvalue weighted by Crippen LogP contribution is -2.28. The van der Waals surface area contributed by atoms with E-state index in [4.69, 9.17) is 4.74 Å². The van der Waals surface area contributed by atoms with Gasteiger partial charge in [0.25, 0.3) is 5.91 Å². The van der Waals surface area contributed by atoms with E-state index >= 15 is 0 Å². The minimum atomic E-state index is -0.0914. The number of nitrogens with one attached hydrogen (secondary N) is 1. The normalized spacial score (nSPS) is 12.5. The predicted molar refractivity (Wildman–Crippen MR) is 111 cm³/mol. The minimum absolute atomic E-state index is 0.00700. The van der Waals surface area contributed by atoms with Crippen LogP contribution in [-0.4, -0.2) is 25.5 Å². The van der Waals surface area contributed by atoms with Gasteiger partial charge < -0.3 is 15.0 Å². The second kappa shape index (κ2) is 7.35. The van der Waals surface area contributed by atoms with E-state index in [1.54, 1.807) is 12.0 Å². The summed E-state index contributed by atoms with van der Waals surface area (Å²) in [6.45, 7) is 2.47. The van der Waals surface area contributed by atoms with E-state index in [1.807, 2.05) is 61.5 Å². The van der Waals surface area contributed by atoms with Gasteiger partial charge in [-0.3, -0.25) is 9.59 Å². The zero-order valence-electron chi connectivity index (χ0n) is 16.0. The first-order valence-corrected chi connectivity index (χ1v) is 9.36.